The quantitative estimate of drug-likeness (QED) is 0.494. The predicted molar refractivity (Wildman–Crippen MR) is 104 cm³/mol. The Balaban J connectivity index is 1.84. The normalized spacial score (nSPS) is 10.8. The van der Waals surface area contributed by atoms with E-state index in [0.717, 1.165) is 44.1 Å². The Kier molecular flexibility index (Phi) is 4.08. The lowest BCUT2D eigenvalue weighted by molar-refractivity contribution is 1.06. The molecule has 0 aliphatic rings. The Morgan fingerprint density at radius 3 is 2.28 bits per heavy atom. The van der Waals surface area contributed by atoms with Crippen molar-refractivity contribution >= 4 is 33.9 Å². The minimum atomic E-state index is 0.721. The summed E-state index contributed by atoms with van der Waals surface area (Å²) in [7, 11) is 0. The van der Waals surface area contributed by atoms with Crippen molar-refractivity contribution in [2.24, 2.45) is 0 Å². The highest BCUT2D eigenvalue weighted by Gasteiger charge is 2.11. The standard InChI is InChI=1S/C21H16ClN3/c1-14-13-16(22)11-12-19(14)23-21-18-10-6-5-9-17(18)20(24-25-21)15-7-3-2-4-8-15/h2-13H,1H3,(H,23,25). The van der Waals surface area contributed by atoms with Crippen LogP contribution in [0.4, 0.5) is 11.5 Å². The third-order valence-electron chi connectivity index (χ3n) is 4.18. The van der Waals surface area contributed by atoms with E-state index in [2.05, 4.69) is 27.6 Å². The molecule has 3 aromatic carbocycles. The molecule has 0 saturated heterocycles. The summed E-state index contributed by atoms with van der Waals surface area (Å²) in [6, 6.07) is 24.0. The Morgan fingerprint density at radius 1 is 0.800 bits per heavy atom. The van der Waals surface area contributed by atoms with E-state index < -0.39 is 0 Å². The van der Waals surface area contributed by atoms with Gasteiger partial charge in [0, 0.05) is 27.0 Å². The maximum absolute atomic E-state index is 6.05. The summed E-state index contributed by atoms with van der Waals surface area (Å²) in [5.74, 6) is 0.737. The molecule has 1 N–H and O–H groups in total. The highest BCUT2D eigenvalue weighted by molar-refractivity contribution is 6.30. The number of benzene rings is 3. The van der Waals surface area contributed by atoms with Gasteiger partial charge in [0.05, 0.1) is 0 Å². The highest BCUT2D eigenvalue weighted by atomic mass is 35.5. The van der Waals surface area contributed by atoms with Gasteiger partial charge in [-0.2, -0.15) is 0 Å². The number of aryl methyl sites for hydroxylation is 1. The fourth-order valence-corrected chi connectivity index (χ4v) is 3.13. The van der Waals surface area contributed by atoms with Gasteiger partial charge in [-0.25, -0.2) is 0 Å². The van der Waals surface area contributed by atoms with E-state index in [4.69, 9.17) is 11.6 Å². The number of nitrogens with zero attached hydrogens (tertiary/aromatic N) is 2. The smallest absolute Gasteiger partial charge is 0.161 e. The van der Waals surface area contributed by atoms with Gasteiger partial charge in [-0.3, -0.25) is 0 Å². The number of aromatic nitrogens is 2. The number of rotatable bonds is 3. The molecule has 0 fully saturated rings. The zero-order valence-electron chi connectivity index (χ0n) is 13.7. The van der Waals surface area contributed by atoms with Gasteiger partial charge < -0.3 is 5.32 Å². The second kappa shape index (κ2) is 6.54. The zero-order valence-corrected chi connectivity index (χ0v) is 14.5. The number of hydrogen-bond donors (Lipinski definition) is 1. The maximum atomic E-state index is 6.05. The SMILES string of the molecule is Cc1cc(Cl)ccc1Nc1nnc(-c2ccccc2)c2ccccc12. The molecule has 0 radical (unpaired) electrons. The summed E-state index contributed by atoms with van der Waals surface area (Å²) in [6.45, 7) is 2.02. The van der Waals surface area contributed by atoms with Crippen molar-refractivity contribution < 1.29 is 0 Å². The number of halogens is 1. The minimum Gasteiger partial charge on any atom is -0.338 e. The molecule has 4 rings (SSSR count). The molecule has 0 bridgehead atoms. The minimum absolute atomic E-state index is 0.721. The van der Waals surface area contributed by atoms with E-state index >= 15 is 0 Å². The van der Waals surface area contributed by atoms with Crippen molar-refractivity contribution in [3.63, 3.8) is 0 Å². The van der Waals surface area contributed by atoms with Crippen molar-refractivity contribution in [2.75, 3.05) is 5.32 Å². The van der Waals surface area contributed by atoms with Crippen LogP contribution in [-0.4, -0.2) is 10.2 Å². The van der Waals surface area contributed by atoms with Crippen LogP contribution < -0.4 is 5.32 Å². The Bertz CT molecular complexity index is 1050. The summed E-state index contributed by atoms with van der Waals surface area (Å²) in [5.41, 5.74) is 3.97. The van der Waals surface area contributed by atoms with Crippen LogP contribution in [0.5, 0.6) is 0 Å². The van der Waals surface area contributed by atoms with E-state index in [1.165, 1.54) is 0 Å². The highest BCUT2D eigenvalue weighted by Crippen LogP contribution is 2.31. The van der Waals surface area contributed by atoms with Crippen LogP contribution in [-0.2, 0) is 0 Å². The molecule has 0 saturated carbocycles. The van der Waals surface area contributed by atoms with Crippen molar-refractivity contribution in [1.29, 1.82) is 0 Å². The molecule has 25 heavy (non-hydrogen) atoms. The second-order valence-electron chi connectivity index (χ2n) is 5.89. The zero-order chi connectivity index (χ0) is 17.2. The van der Waals surface area contributed by atoms with Gasteiger partial charge in [-0.15, -0.1) is 10.2 Å². The number of nitrogens with one attached hydrogen (secondary N) is 1. The van der Waals surface area contributed by atoms with Crippen LogP contribution in [0.3, 0.4) is 0 Å². The van der Waals surface area contributed by atoms with E-state index in [-0.39, 0.29) is 0 Å². The van der Waals surface area contributed by atoms with E-state index in [1.54, 1.807) is 0 Å². The number of hydrogen-bond acceptors (Lipinski definition) is 3. The third kappa shape index (κ3) is 3.06. The largest absolute Gasteiger partial charge is 0.338 e. The second-order valence-corrected chi connectivity index (χ2v) is 6.33. The van der Waals surface area contributed by atoms with Crippen LogP contribution in [0, 0.1) is 6.92 Å². The molecule has 1 aromatic heterocycles. The summed E-state index contributed by atoms with van der Waals surface area (Å²) in [5, 5.41) is 15.1. The molecule has 0 unspecified atom stereocenters. The van der Waals surface area contributed by atoms with E-state index in [1.807, 2.05) is 67.6 Å². The first-order valence-corrected chi connectivity index (χ1v) is 8.44. The molecule has 3 nitrogen and oxygen atoms in total. The molecule has 1 heterocycles. The maximum Gasteiger partial charge on any atom is 0.161 e. The van der Waals surface area contributed by atoms with E-state index in [9.17, 15) is 0 Å². The van der Waals surface area contributed by atoms with Crippen LogP contribution in [0.1, 0.15) is 5.56 Å². The fraction of sp³-hybridized carbons (Fsp3) is 0.0476. The topological polar surface area (TPSA) is 37.8 Å². The Hall–Kier alpha value is -2.91. The lowest BCUT2D eigenvalue weighted by atomic mass is 10.0. The first kappa shape index (κ1) is 15.6. The number of anilines is 2. The Labute approximate surface area is 151 Å². The van der Waals surface area contributed by atoms with Crippen LogP contribution in [0.25, 0.3) is 22.0 Å². The molecule has 122 valence electrons. The molecule has 0 aliphatic heterocycles. The molecule has 0 spiro atoms. The molecule has 0 atom stereocenters. The third-order valence-corrected chi connectivity index (χ3v) is 4.41. The predicted octanol–water partition coefficient (Wildman–Crippen LogP) is 6.00. The molecule has 4 heteroatoms. The fourth-order valence-electron chi connectivity index (χ4n) is 2.90. The molecular formula is C21H16ClN3. The van der Waals surface area contributed by atoms with Crippen molar-refractivity contribution in [3.8, 4) is 11.3 Å². The van der Waals surface area contributed by atoms with Crippen LogP contribution in [0.15, 0.2) is 72.8 Å². The van der Waals surface area contributed by atoms with Gasteiger partial charge in [0.15, 0.2) is 5.82 Å². The molecular weight excluding hydrogens is 330 g/mol. The monoisotopic (exact) mass is 345 g/mol. The van der Waals surface area contributed by atoms with Gasteiger partial charge in [0.2, 0.25) is 0 Å². The summed E-state index contributed by atoms with van der Waals surface area (Å²) >= 11 is 6.05. The molecule has 0 aliphatic carbocycles. The van der Waals surface area contributed by atoms with Gasteiger partial charge in [-0.1, -0.05) is 66.2 Å². The van der Waals surface area contributed by atoms with Crippen molar-refractivity contribution in [2.45, 2.75) is 6.92 Å². The lowest BCUT2D eigenvalue weighted by Crippen LogP contribution is -2.00. The number of fused-ring (bicyclic) bond motifs is 1. The summed E-state index contributed by atoms with van der Waals surface area (Å²) < 4.78 is 0. The summed E-state index contributed by atoms with van der Waals surface area (Å²) in [4.78, 5) is 0. The average Bonchev–Trinajstić information content (AvgIpc) is 2.65. The van der Waals surface area contributed by atoms with E-state index in [0.29, 0.717) is 0 Å². The van der Waals surface area contributed by atoms with Crippen molar-refractivity contribution in [3.05, 3.63) is 83.4 Å². The first-order chi connectivity index (χ1) is 12.2. The molecule has 4 aromatic rings. The van der Waals surface area contributed by atoms with Gasteiger partial charge >= 0.3 is 0 Å². The Morgan fingerprint density at radius 2 is 1.52 bits per heavy atom. The van der Waals surface area contributed by atoms with Gasteiger partial charge in [-0.05, 0) is 30.7 Å². The first-order valence-electron chi connectivity index (χ1n) is 8.06. The van der Waals surface area contributed by atoms with Crippen molar-refractivity contribution in [1.82, 2.24) is 10.2 Å². The molecule has 0 amide bonds. The summed E-state index contributed by atoms with van der Waals surface area (Å²) in [6.07, 6.45) is 0. The lowest BCUT2D eigenvalue weighted by Gasteiger charge is -2.13. The van der Waals surface area contributed by atoms with Gasteiger partial charge in [0.25, 0.3) is 0 Å². The average molecular weight is 346 g/mol. The van der Waals surface area contributed by atoms with Crippen LogP contribution in [0.2, 0.25) is 5.02 Å². The van der Waals surface area contributed by atoms with Gasteiger partial charge in [0.1, 0.15) is 5.69 Å². The van der Waals surface area contributed by atoms with Crippen LogP contribution >= 0.6 is 11.6 Å².